The molecule has 0 aromatic heterocycles. The lowest BCUT2D eigenvalue weighted by atomic mass is 10.2. The molecular formula is C16H17BrN2O2S. The first-order valence-electron chi connectivity index (χ1n) is 7.07. The number of rotatable bonds is 2. The van der Waals surface area contributed by atoms with Gasteiger partial charge in [0.05, 0.1) is 5.69 Å². The fourth-order valence-corrected chi connectivity index (χ4v) is 5.27. The third kappa shape index (κ3) is 2.78. The van der Waals surface area contributed by atoms with E-state index in [1.54, 1.807) is 6.07 Å². The van der Waals surface area contributed by atoms with Gasteiger partial charge >= 0.3 is 0 Å². The van der Waals surface area contributed by atoms with Crippen LogP contribution in [0.25, 0.3) is 0 Å². The fraction of sp³-hybridized carbons (Fsp3) is 0.250. The van der Waals surface area contributed by atoms with E-state index in [4.69, 9.17) is 0 Å². The Bertz CT molecular complexity index is 806. The molecule has 4 nitrogen and oxygen atoms in total. The first-order chi connectivity index (χ1) is 10.5. The number of hydrogen-bond acceptors (Lipinski definition) is 3. The molecule has 0 bridgehead atoms. The minimum atomic E-state index is -3.60. The van der Waals surface area contributed by atoms with Gasteiger partial charge in [-0.2, -0.15) is 0 Å². The number of benzene rings is 2. The standard InChI is InChI=1S/C16H17BrN2O2S/c1-12-6-7-16(14(17)10-12)22(20,21)19-9-8-18-11-13-4-2-3-5-15(13)19/h2-7,10,18H,8-9,11H2,1H3. The first-order valence-corrected chi connectivity index (χ1v) is 9.31. The van der Waals surface area contributed by atoms with Crippen molar-refractivity contribution in [2.75, 3.05) is 17.4 Å². The third-order valence-electron chi connectivity index (χ3n) is 3.72. The molecule has 2 aromatic rings. The number of halogens is 1. The number of fused-ring (bicyclic) bond motifs is 1. The zero-order valence-electron chi connectivity index (χ0n) is 12.2. The topological polar surface area (TPSA) is 49.4 Å². The number of sulfonamides is 1. The van der Waals surface area contributed by atoms with Gasteiger partial charge in [0.2, 0.25) is 0 Å². The molecule has 0 atom stereocenters. The summed E-state index contributed by atoms with van der Waals surface area (Å²) in [4.78, 5) is 0.301. The van der Waals surface area contributed by atoms with Crippen molar-refractivity contribution in [2.45, 2.75) is 18.4 Å². The second-order valence-corrected chi connectivity index (χ2v) is 8.00. The van der Waals surface area contributed by atoms with Crippen molar-refractivity contribution in [1.82, 2.24) is 5.32 Å². The Balaban J connectivity index is 2.13. The van der Waals surface area contributed by atoms with Crippen LogP contribution in [0.3, 0.4) is 0 Å². The van der Waals surface area contributed by atoms with Gasteiger partial charge in [0.25, 0.3) is 10.0 Å². The first kappa shape index (κ1) is 15.5. The highest BCUT2D eigenvalue weighted by Gasteiger charge is 2.29. The van der Waals surface area contributed by atoms with Crippen LogP contribution in [0.5, 0.6) is 0 Å². The third-order valence-corrected chi connectivity index (χ3v) is 6.51. The summed E-state index contributed by atoms with van der Waals surface area (Å²) in [6.45, 7) is 3.65. The molecule has 0 radical (unpaired) electrons. The number of hydrogen-bond donors (Lipinski definition) is 1. The van der Waals surface area contributed by atoms with E-state index in [9.17, 15) is 8.42 Å². The van der Waals surface area contributed by atoms with Gasteiger partial charge < -0.3 is 5.32 Å². The number of nitrogens with zero attached hydrogens (tertiary/aromatic N) is 1. The highest BCUT2D eigenvalue weighted by atomic mass is 79.9. The Hall–Kier alpha value is -1.37. The summed E-state index contributed by atoms with van der Waals surface area (Å²) < 4.78 is 28.3. The summed E-state index contributed by atoms with van der Waals surface area (Å²) in [6.07, 6.45) is 0. The molecule has 0 spiro atoms. The molecular weight excluding hydrogens is 364 g/mol. The zero-order chi connectivity index (χ0) is 15.7. The Morgan fingerprint density at radius 1 is 1.18 bits per heavy atom. The van der Waals surface area contributed by atoms with Crippen LogP contribution in [0.4, 0.5) is 5.69 Å². The van der Waals surface area contributed by atoms with Gasteiger partial charge in [-0.25, -0.2) is 8.42 Å². The van der Waals surface area contributed by atoms with Gasteiger partial charge in [0, 0.05) is 24.1 Å². The van der Waals surface area contributed by atoms with Crippen LogP contribution < -0.4 is 9.62 Å². The van der Waals surface area contributed by atoms with E-state index < -0.39 is 10.0 Å². The molecule has 0 saturated carbocycles. The van der Waals surface area contributed by atoms with E-state index in [0.717, 1.165) is 16.8 Å². The van der Waals surface area contributed by atoms with Crippen LogP contribution in [0.15, 0.2) is 51.8 Å². The quantitative estimate of drug-likeness (QED) is 0.870. The average molecular weight is 381 g/mol. The molecule has 1 aliphatic heterocycles. The summed E-state index contributed by atoms with van der Waals surface area (Å²) in [7, 11) is -3.60. The Labute approximate surface area is 139 Å². The van der Waals surface area contributed by atoms with Crippen molar-refractivity contribution in [3.63, 3.8) is 0 Å². The van der Waals surface area contributed by atoms with Crippen molar-refractivity contribution < 1.29 is 8.42 Å². The van der Waals surface area contributed by atoms with E-state index in [-0.39, 0.29) is 0 Å². The number of para-hydroxylation sites is 1. The Kier molecular flexibility index (Phi) is 4.25. The predicted octanol–water partition coefficient (Wildman–Crippen LogP) is 3.06. The van der Waals surface area contributed by atoms with Crippen molar-refractivity contribution >= 4 is 31.6 Å². The Morgan fingerprint density at radius 3 is 2.73 bits per heavy atom. The second kappa shape index (κ2) is 6.02. The van der Waals surface area contributed by atoms with Gasteiger partial charge in [0.15, 0.2) is 0 Å². The van der Waals surface area contributed by atoms with Crippen LogP contribution >= 0.6 is 15.9 Å². The number of aryl methyl sites for hydroxylation is 1. The molecule has 2 aromatic carbocycles. The maximum atomic E-state index is 13.1. The van der Waals surface area contributed by atoms with Crippen LogP contribution in [-0.4, -0.2) is 21.5 Å². The van der Waals surface area contributed by atoms with E-state index in [1.165, 1.54) is 4.31 Å². The monoisotopic (exact) mass is 380 g/mol. The molecule has 6 heteroatoms. The van der Waals surface area contributed by atoms with Gasteiger partial charge in [-0.05, 0) is 52.2 Å². The minimum Gasteiger partial charge on any atom is -0.311 e. The summed E-state index contributed by atoms with van der Waals surface area (Å²) in [5.74, 6) is 0. The van der Waals surface area contributed by atoms with Crippen molar-refractivity contribution in [3.05, 3.63) is 58.1 Å². The SMILES string of the molecule is Cc1ccc(S(=O)(=O)N2CCNCc3ccccc32)c(Br)c1. The lowest BCUT2D eigenvalue weighted by Crippen LogP contribution is -2.35. The maximum absolute atomic E-state index is 13.1. The molecule has 0 saturated heterocycles. The van der Waals surface area contributed by atoms with Gasteiger partial charge in [-0.1, -0.05) is 24.3 Å². The van der Waals surface area contributed by atoms with E-state index in [2.05, 4.69) is 21.2 Å². The van der Waals surface area contributed by atoms with E-state index in [1.807, 2.05) is 43.3 Å². The molecule has 1 heterocycles. The predicted molar refractivity (Wildman–Crippen MR) is 91.6 cm³/mol. The maximum Gasteiger partial charge on any atom is 0.265 e. The minimum absolute atomic E-state index is 0.301. The van der Waals surface area contributed by atoms with Crippen molar-refractivity contribution in [2.24, 2.45) is 0 Å². The number of nitrogens with one attached hydrogen (secondary N) is 1. The molecule has 1 aliphatic rings. The number of anilines is 1. The normalized spacial score (nSPS) is 15.3. The van der Waals surface area contributed by atoms with Crippen molar-refractivity contribution in [1.29, 1.82) is 0 Å². The molecule has 3 rings (SSSR count). The van der Waals surface area contributed by atoms with Crippen LogP contribution in [-0.2, 0) is 16.6 Å². The molecule has 116 valence electrons. The molecule has 0 fully saturated rings. The average Bonchev–Trinajstić information content (AvgIpc) is 2.69. The summed E-state index contributed by atoms with van der Waals surface area (Å²) >= 11 is 3.39. The molecule has 22 heavy (non-hydrogen) atoms. The summed E-state index contributed by atoms with van der Waals surface area (Å²) in [5, 5.41) is 3.26. The van der Waals surface area contributed by atoms with Gasteiger partial charge in [0.1, 0.15) is 4.90 Å². The largest absolute Gasteiger partial charge is 0.311 e. The van der Waals surface area contributed by atoms with Gasteiger partial charge in [-0.15, -0.1) is 0 Å². The summed E-state index contributed by atoms with van der Waals surface area (Å²) in [6, 6.07) is 12.9. The molecule has 0 unspecified atom stereocenters. The lowest BCUT2D eigenvalue weighted by molar-refractivity contribution is 0.589. The van der Waals surface area contributed by atoms with Crippen LogP contribution in [0.2, 0.25) is 0 Å². The highest BCUT2D eigenvalue weighted by molar-refractivity contribution is 9.10. The molecule has 1 N–H and O–H groups in total. The molecule has 0 amide bonds. The fourth-order valence-electron chi connectivity index (χ4n) is 2.61. The highest BCUT2D eigenvalue weighted by Crippen LogP contribution is 2.31. The van der Waals surface area contributed by atoms with E-state index >= 15 is 0 Å². The van der Waals surface area contributed by atoms with Crippen LogP contribution in [0, 0.1) is 6.92 Å². The van der Waals surface area contributed by atoms with Gasteiger partial charge in [-0.3, -0.25) is 4.31 Å². The van der Waals surface area contributed by atoms with Crippen LogP contribution in [0.1, 0.15) is 11.1 Å². The Morgan fingerprint density at radius 2 is 1.95 bits per heavy atom. The lowest BCUT2D eigenvalue weighted by Gasteiger charge is -2.24. The van der Waals surface area contributed by atoms with Crippen molar-refractivity contribution in [3.8, 4) is 0 Å². The smallest absolute Gasteiger partial charge is 0.265 e. The zero-order valence-corrected chi connectivity index (χ0v) is 14.6. The summed E-state index contributed by atoms with van der Waals surface area (Å²) in [5.41, 5.74) is 2.76. The molecule has 0 aliphatic carbocycles. The second-order valence-electron chi connectivity index (χ2n) is 5.32. The van der Waals surface area contributed by atoms with E-state index in [0.29, 0.717) is 29.0 Å².